The number of aromatic amines is 1. The van der Waals surface area contributed by atoms with Crippen LogP contribution in [0.4, 0.5) is 4.79 Å². The number of aromatic nitrogens is 2. The lowest BCUT2D eigenvalue weighted by Crippen LogP contribution is -2.51. The highest BCUT2D eigenvalue weighted by Crippen LogP contribution is 2.25. The number of hydrogen-bond donors (Lipinski definition) is 1. The van der Waals surface area contributed by atoms with Crippen molar-refractivity contribution in [2.45, 2.75) is 78.6 Å². The first-order valence-electron chi connectivity index (χ1n) is 8.84. The van der Waals surface area contributed by atoms with E-state index in [0.717, 1.165) is 0 Å². The van der Waals surface area contributed by atoms with Gasteiger partial charge in [0, 0.05) is 12.1 Å². The van der Waals surface area contributed by atoms with E-state index in [1.165, 1.54) is 9.58 Å². The van der Waals surface area contributed by atoms with E-state index in [4.69, 9.17) is 9.47 Å². The Balaban J connectivity index is 2.44. The Morgan fingerprint density at radius 1 is 1.19 bits per heavy atom. The van der Waals surface area contributed by atoms with Crippen molar-refractivity contribution in [2.24, 2.45) is 0 Å². The lowest BCUT2D eigenvalue weighted by molar-refractivity contribution is -0.150. The van der Waals surface area contributed by atoms with Gasteiger partial charge in [0.1, 0.15) is 11.6 Å². The minimum atomic E-state index is -0.830. The predicted octanol–water partition coefficient (Wildman–Crippen LogP) is 2.16. The topological polar surface area (TPSA) is 93.6 Å². The van der Waals surface area contributed by atoms with Gasteiger partial charge in [-0.1, -0.05) is 0 Å². The summed E-state index contributed by atoms with van der Waals surface area (Å²) in [4.78, 5) is 39.1. The molecule has 0 aliphatic carbocycles. The van der Waals surface area contributed by atoms with Crippen LogP contribution >= 0.6 is 0 Å². The number of hydrogen-bond acceptors (Lipinski definition) is 5. The molecule has 0 saturated heterocycles. The molecule has 2 heterocycles. The van der Waals surface area contributed by atoms with E-state index >= 15 is 0 Å². The molecule has 2 rings (SSSR count). The Hall–Kier alpha value is -2.25. The summed E-state index contributed by atoms with van der Waals surface area (Å²) in [6.45, 7) is 12.9. The summed E-state index contributed by atoms with van der Waals surface area (Å²) in [7, 11) is 0. The van der Waals surface area contributed by atoms with E-state index in [-0.39, 0.29) is 25.1 Å². The molecule has 1 atom stereocenters. The van der Waals surface area contributed by atoms with Crippen LogP contribution in [-0.2, 0) is 32.8 Å². The van der Waals surface area contributed by atoms with Crippen LogP contribution in [0.25, 0.3) is 0 Å². The molecular formula is C18H29N3O5. The highest BCUT2D eigenvalue weighted by molar-refractivity contribution is 5.82. The summed E-state index contributed by atoms with van der Waals surface area (Å²) >= 11 is 0. The molecule has 0 aromatic carbocycles. The van der Waals surface area contributed by atoms with Gasteiger partial charge in [0.25, 0.3) is 5.56 Å². The first-order chi connectivity index (χ1) is 11.8. The minimum Gasteiger partial charge on any atom is -0.464 e. The van der Waals surface area contributed by atoms with Crippen molar-refractivity contribution >= 4 is 12.1 Å². The SMILES string of the molecule is CCOC(=O)[C@H]1Cc2[nH]n(C(C)(C)C)c(=O)c2CN1C(=O)OC(C)(C)C. The van der Waals surface area contributed by atoms with Crippen molar-refractivity contribution in [2.75, 3.05) is 6.61 Å². The molecule has 146 valence electrons. The molecule has 1 aliphatic rings. The maximum atomic E-state index is 12.8. The monoisotopic (exact) mass is 367 g/mol. The molecule has 0 unspecified atom stereocenters. The summed E-state index contributed by atoms with van der Waals surface area (Å²) in [5.74, 6) is -0.506. The number of nitrogens with one attached hydrogen (secondary N) is 1. The maximum absolute atomic E-state index is 12.8. The number of ether oxygens (including phenoxy) is 2. The Morgan fingerprint density at radius 2 is 1.81 bits per heavy atom. The van der Waals surface area contributed by atoms with Gasteiger partial charge in [-0.15, -0.1) is 0 Å². The summed E-state index contributed by atoms with van der Waals surface area (Å²) in [6.07, 6.45) is -0.449. The Kier molecular flexibility index (Phi) is 5.26. The van der Waals surface area contributed by atoms with Crippen LogP contribution in [-0.4, -0.2) is 45.0 Å². The van der Waals surface area contributed by atoms with Crippen molar-refractivity contribution in [1.29, 1.82) is 0 Å². The number of carbonyl (C=O) groups is 2. The van der Waals surface area contributed by atoms with E-state index in [1.54, 1.807) is 27.7 Å². The zero-order valence-corrected chi connectivity index (χ0v) is 16.6. The molecule has 0 fully saturated rings. The minimum absolute atomic E-state index is 0.00609. The van der Waals surface area contributed by atoms with Crippen molar-refractivity contribution in [3.8, 4) is 0 Å². The van der Waals surface area contributed by atoms with Gasteiger partial charge in [0.15, 0.2) is 0 Å². The third kappa shape index (κ3) is 4.11. The number of nitrogens with zero attached hydrogens (tertiary/aromatic N) is 2. The standard InChI is InChI=1S/C18H29N3O5/c1-8-25-15(23)13-9-12-11(14(22)21(19-12)17(2,3)4)10-20(13)16(24)26-18(5,6)7/h13,19H,8-10H2,1-7H3/t13-/m1/s1. The largest absolute Gasteiger partial charge is 0.464 e. The van der Waals surface area contributed by atoms with Crippen molar-refractivity contribution in [3.05, 3.63) is 21.6 Å². The van der Waals surface area contributed by atoms with Crippen molar-refractivity contribution < 1.29 is 19.1 Å². The fourth-order valence-electron chi connectivity index (χ4n) is 2.87. The molecule has 1 aromatic heterocycles. The molecule has 1 N–H and O–H groups in total. The van der Waals surface area contributed by atoms with Crippen LogP contribution in [0, 0.1) is 0 Å². The molecule has 1 amide bonds. The third-order valence-electron chi connectivity index (χ3n) is 4.03. The Bertz CT molecular complexity index is 748. The van der Waals surface area contributed by atoms with Gasteiger partial charge in [-0.3, -0.25) is 14.8 Å². The summed E-state index contributed by atoms with van der Waals surface area (Å²) in [5, 5.41) is 3.09. The van der Waals surface area contributed by atoms with E-state index in [1.807, 2.05) is 20.8 Å². The van der Waals surface area contributed by atoms with Crippen LogP contribution in [0.5, 0.6) is 0 Å². The number of fused-ring (bicyclic) bond motifs is 1. The Labute approximate surface area is 153 Å². The normalized spacial score (nSPS) is 17.7. The van der Waals surface area contributed by atoms with Crippen LogP contribution in [0.3, 0.4) is 0 Å². The lowest BCUT2D eigenvalue weighted by Gasteiger charge is -2.34. The number of amides is 1. The van der Waals surface area contributed by atoms with Gasteiger partial charge in [0.2, 0.25) is 0 Å². The van der Waals surface area contributed by atoms with Crippen LogP contribution in [0.1, 0.15) is 59.7 Å². The van der Waals surface area contributed by atoms with Gasteiger partial charge in [-0.05, 0) is 48.5 Å². The molecule has 0 saturated carbocycles. The Morgan fingerprint density at radius 3 is 2.31 bits per heavy atom. The second-order valence-corrected chi connectivity index (χ2v) is 8.46. The first-order valence-corrected chi connectivity index (χ1v) is 8.84. The van der Waals surface area contributed by atoms with E-state index in [9.17, 15) is 14.4 Å². The predicted molar refractivity (Wildman–Crippen MR) is 96.0 cm³/mol. The highest BCUT2D eigenvalue weighted by atomic mass is 16.6. The zero-order chi connectivity index (χ0) is 19.9. The maximum Gasteiger partial charge on any atom is 0.411 e. The summed E-state index contributed by atoms with van der Waals surface area (Å²) in [6, 6.07) is -0.830. The fourth-order valence-corrected chi connectivity index (χ4v) is 2.87. The second-order valence-electron chi connectivity index (χ2n) is 8.46. The van der Waals surface area contributed by atoms with Gasteiger partial charge >= 0.3 is 12.1 Å². The quantitative estimate of drug-likeness (QED) is 0.809. The van der Waals surface area contributed by atoms with Gasteiger partial charge in [-0.25, -0.2) is 14.3 Å². The number of esters is 1. The average Bonchev–Trinajstić information content (AvgIpc) is 2.81. The summed E-state index contributed by atoms with van der Waals surface area (Å²) < 4.78 is 12.1. The van der Waals surface area contributed by atoms with Crippen LogP contribution < -0.4 is 5.56 Å². The molecule has 8 heteroatoms. The average molecular weight is 367 g/mol. The fraction of sp³-hybridized carbons (Fsp3) is 0.722. The third-order valence-corrected chi connectivity index (χ3v) is 4.03. The van der Waals surface area contributed by atoms with Crippen LogP contribution in [0.15, 0.2) is 4.79 Å². The second kappa shape index (κ2) is 6.81. The molecule has 26 heavy (non-hydrogen) atoms. The van der Waals surface area contributed by atoms with Crippen molar-refractivity contribution in [1.82, 2.24) is 14.7 Å². The smallest absolute Gasteiger partial charge is 0.411 e. The molecule has 1 aromatic rings. The number of carbonyl (C=O) groups excluding carboxylic acids is 2. The number of rotatable bonds is 2. The highest BCUT2D eigenvalue weighted by Gasteiger charge is 2.40. The molecule has 0 radical (unpaired) electrons. The molecular weight excluding hydrogens is 338 g/mol. The first kappa shape index (κ1) is 20.1. The van der Waals surface area contributed by atoms with E-state index in [0.29, 0.717) is 11.3 Å². The van der Waals surface area contributed by atoms with Crippen molar-refractivity contribution in [3.63, 3.8) is 0 Å². The summed E-state index contributed by atoms with van der Waals surface area (Å²) in [5.41, 5.74) is -0.206. The van der Waals surface area contributed by atoms with Gasteiger partial charge in [0.05, 0.1) is 24.3 Å². The molecule has 0 spiro atoms. The number of H-pyrrole nitrogens is 1. The van der Waals surface area contributed by atoms with Gasteiger partial charge < -0.3 is 9.47 Å². The van der Waals surface area contributed by atoms with E-state index < -0.39 is 29.2 Å². The molecule has 1 aliphatic heterocycles. The van der Waals surface area contributed by atoms with Crippen LogP contribution in [0.2, 0.25) is 0 Å². The lowest BCUT2D eigenvalue weighted by atomic mass is 10.0. The zero-order valence-electron chi connectivity index (χ0n) is 16.6. The van der Waals surface area contributed by atoms with Gasteiger partial charge in [-0.2, -0.15) is 0 Å². The molecule has 8 nitrogen and oxygen atoms in total. The van der Waals surface area contributed by atoms with E-state index in [2.05, 4.69) is 5.10 Å². The molecule has 0 bridgehead atoms.